The summed E-state index contributed by atoms with van der Waals surface area (Å²) in [5.41, 5.74) is 1.36. The van der Waals surface area contributed by atoms with Crippen LogP contribution in [-0.4, -0.2) is 32.3 Å². The molecule has 136 valence electrons. The van der Waals surface area contributed by atoms with Crippen LogP contribution in [0.3, 0.4) is 0 Å². The number of aromatic nitrogens is 2. The number of hydrogen-bond acceptors (Lipinski definition) is 4. The lowest BCUT2D eigenvalue weighted by Gasteiger charge is -2.24. The molecule has 25 heavy (non-hydrogen) atoms. The fraction of sp³-hybridized carbons (Fsp3) is 0.400. The van der Waals surface area contributed by atoms with Crippen molar-refractivity contribution in [3.8, 4) is 0 Å². The highest BCUT2D eigenvalue weighted by molar-refractivity contribution is 9.10. The monoisotopic (exact) mass is 420 g/mol. The van der Waals surface area contributed by atoms with E-state index in [1.807, 2.05) is 0 Å². The highest BCUT2D eigenvalue weighted by Gasteiger charge is 2.32. The quantitative estimate of drug-likeness (QED) is 0.518. The first-order valence-electron chi connectivity index (χ1n) is 7.29. The van der Waals surface area contributed by atoms with Crippen LogP contribution in [0.5, 0.6) is 0 Å². The molecule has 6 nitrogen and oxygen atoms in total. The van der Waals surface area contributed by atoms with Gasteiger partial charge in [0.05, 0.1) is 34.0 Å². The third-order valence-electron chi connectivity index (χ3n) is 3.61. The van der Waals surface area contributed by atoms with Crippen molar-refractivity contribution < 1.29 is 18.1 Å². The van der Waals surface area contributed by atoms with Crippen molar-refractivity contribution in [3.63, 3.8) is 0 Å². The Bertz CT molecular complexity index is 777. The zero-order valence-electron chi connectivity index (χ0n) is 13.5. The minimum atomic E-state index is -4.43. The fourth-order valence-electron chi connectivity index (χ4n) is 2.48. The summed E-state index contributed by atoms with van der Waals surface area (Å²) in [5.74, 6) is 0. The Balaban J connectivity index is 2.30. The molecular weight excluding hydrogens is 405 g/mol. The van der Waals surface area contributed by atoms with Gasteiger partial charge in [-0.25, -0.2) is 0 Å². The summed E-state index contributed by atoms with van der Waals surface area (Å²) in [6.07, 6.45) is -4.43. The molecule has 0 unspecified atom stereocenters. The van der Waals surface area contributed by atoms with E-state index in [0.717, 1.165) is 9.37 Å². The van der Waals surface area contributed by atoms with Crippen LogP contribution < -0.4 is 0 Å². The van der Waals surface area contributed by atoms with E-state index in [9.17, 15) is 23.3 Å². The lowest BCUT2D eigenvalue weighted by molar-refractivity contribution is -0.385. The van der Waals surface area contributed by atoms with Crippen LogP contribution >= 0.6 is 15.9 Å². The van der Waals surface area contributed by atoms with Crippen LogP contribution in [0.2, 0.25) is 0 Å². The standard InChI is InChI=1S/C15H16BrF3N4O2/c1-10-14(16)11(2)22(20-10)9-21(8-15(17,18)19)7-12-5-3-4-6-13(12)23(24)25/h3-6H,7-9H2,1-2H3. The second-order valence-electron chi connectivity index (χ2n) is 5.61. The molecule has 0 saturated heterocycles. The first kappa shape index (κ1) is 19.4. The number of halogens is 4. The Morgan fingerprint density at radius 3 is 2.48 bits per heavy atom. The van der Waals surface area contributed by atoms with E-state index < -0.39 is 17.6 Å². The number of nitrogens with zero attached hydrogens (tertiary/aromatic N) is 4. The Morgan fingerprint density at radius 1 is 1.32 bits per heavy atom. The molecule has 10 heteroatoms. The Kier molecular flexibility index (Phi) is 5.83. The fourth-order valence-corrected chi connectivity index (χ4v) is 2.76. The molecule has 2 rings (SSSR count). The Hall–Kier alpha value is -1.94. The maximum absolute atomic E-state index is 12.9. The van der Waals surface area contributed by atoms with Crippen LogP contribution in [0.25, 0.3) is 0 Å². The minimum Gasteiger partial charge on any atom is -0.271 e. The van der Waals surface area contributed by atoms with E-state index in [0.29, 0.717) is 11.4 Å². The van der Waals surface area contributed by atoms with Crippen molar-refractivity contribution in [1.82, 2.24) is 14.7 Å². The third-order valence-corrected chi connectivity index (χ3v) is 4.76. The molecule has 1 heterocycles. The van der Waals surface area contributed by atoms with Gasteiger partial charge in [0.2, 0.25) is 0 Å². The number of rotatable bonds is 6. The van der Waals surface area contributed by atoms with E-state index >= 15 is 0 Å². The normalized spacial score (nSPS) is 12.0. The molecule has 0 aliphatic rings. The summed E-state index contributed by atoms with van der Waals surface area (Å²) in [5, 5.41) is 15.3. The SMILES string of the molecule is Cc1nn(CN(Cc2ccccc2[N+](=O)[O-])CC(F)(F)F)c(C)c1Br. The van der Waals surface area contributed by atoms with Gasteiger partial charge in [0.15, 0.2) is 0 Å². The molecule has 0 atom stereocenters. The largest absolute Gasteiger partial charge is 0.401 e. The molecule has 0 radical (unpaired) electrons. The molecular formula is C15H16BrF3N4O2. The number of para-hydroxylation sites is 1. The van der Waals surface area contributed by atoms with E-state index in [1.165, 1.54) is 22.9 Å². The zero-order chi connectivity index (χ0) is 18.8. The molecule has 2 aromatic rings. The summed E-state index contributed by atoms with van der Waals surface area (Å²) in [6.45, 7) is 1.93. The van der Waals surface area contributed by atoms with Crippen LogP contribution in [0.15, 0.2) is 28.7 Å². The van der Waals surface area contributed by atoms with Gasteiger partial charge in [-0.05, 0) is 29.8 Å². The molecule has 0 amide bonds. The maximum atomic E-state index is 12.9. The number of nitro benzene ring substituents is 1. The van der Waals surface area contributed by atoms with E-state index in [1.54, 1.807) is 19.9 Å². The summed E-state index contributed by atoms with van der Waals surface area (Å²) >= 11 is 3.34. The van der Waals surface area contributed by atoms with Crippen molar-refractivity contribution in [3.05, 3.63) is 55.8 Å². The predicted molar refractivity (Wildman–Crippen MR) is 89.0 cm³/mol. The molecule has 0 fully saturated rings. The van der Waals surface area contributed by atoms with Gasteiger partial charge in [-0.2, -0.15) is 18.3 Å². The summed E-state index contributed by atoms with van der Waals surface area (Å²) in [7, 11) is 0. The average Bonchev–Trinajstić information content (AvgIpc) is 2.73. The minimum absolute atomic E-state index is 0.135. The first-order valence-corrected chi connectivity index (χ1v) is 8.08. The Morgan fingerprint density at radius 2 is 1.96 bits per heavy atom. The molecule has 0 bridgehead atoms. The number of hydrogen-bond donors (Lipinski definition) is 0. The Labute approximate surface area is 150 Å². The lowest BCUT2D eigenvalue weighted by Crippen LogP contribution is -2.36. The number of alkyl halides is 3. The number of benzene rings is 1. The van der Waals surface area contributed by atoms with Crippen molar-refractivity contribution in [2.24, 2.45) is 0 Å². The van der Waals surface area contributed by atoms with Crippen molar-refractivity contribution >= 4 is 21.6 Å². The molecule has 0 aliphatic carbocycles. The third kappa shape index (κ3) is 5.02. The molecule has 1 aromatic carbocycles. The predicted octanol–water partition coefficient (Wildman–Crippen LogP) is 4.19. The van der Waals surface area contributed by atoms with Gasteiger partial charge in [0.25, 0.3) is 5.69 Å². The van der Waals surface area contributed by atoms with Crippen LogP contribution in [-0.2, 0) is 13.2 Å². The van der Waals surface area contributed by atoms with Crippen LogP contribution in [0.4, 0.5) is 18.9 Å². The molecule has 0 aliphatic heterocycles. The van der Waals surface area contributed by atoms with Gasteiger partial charge in [0, 0.05) is 18.2 Å². The summed E-state index contributed by atoms with van der Waals surface area (Å²) < 4.78 is 41.0. The molecule has 1 aromatic heterocycles. The van der Waals surface area contributed by atoms with Crippen LogP contribution in [0, 0.1) is 24.0 Å². The highest BCUT2D eigenvalue weighted by Crippen LogP contribution is 2.25. The number of nitro groups is 1. The van der Waals surface area contributed by atoms with Gasteiger partial charge in [-0.1, -0.05) is 18.2 Å². The van der Waals surface area contributed by atoms with E-state index in [-0.39, 0.29) is 24.5 Å². The first-order chi connectivity index (χ1) is 11.6. The van der Waals surface area contributed by atoms with Gasteiger partial charge in [0.1, 0.15) is 0 Å². The van der Waals surface area contributed by atoms with E-state index in [4.69, 9.17) is 0 Å². The second kappa shape index (κ2) is 7.52. The summed E-state index contributed by atoms with van der Waals surface area (Å²) in [4.78, 5) is 11.6. The van der Waals surface area contributed by atoms with E-state index in [2.05, 4.69) is 21.0 Å². The molecule has 0 N–H and O–H groups in total. The van der Waals surface area contributed by atoms with Gasteiger partial charge in [-0.15, -0.1) is 0 Å². The van der Waals surface area contributed by atoms with Crippen molar-refractivity contribution in [1.29, 1.82) is 0 Å². The molecule has 0 saturated carbocycles. The number of aryl methyl sites for hydroxylation is 1. The van der Waals surface area contributed by atoms with Crippen LogP contribution in [0.1, 0.15) is 17.0 Å². The maximum Gasteiger partial charge on any atom is 0.401 e. The van der Waals surface area contributed by atoms with Crippen molar-refractivity contribution in [2.75, 3.05) is 6.54 Å². The van der Waals surface area contributed by atoms with Gasteiger partial charge >= 0.3 is 6.18 Å². The second-order valence-corrected chi connectivity index (χ2v) is 6.41. The highest BCUT2D eigenvalue weighted by atomic mass is 79.9. The van der Waals surface area contributed by atoms with Gasteiger partial charge < -0.3 is 0 Å². The van der Waals surface area contributed by atoms with Crippen molar-refractivity contribution in [2.45, 2.75) is 33.2 Å². The van der Waals surface area contributed by atoms with Gasteiger partial charge in [-0.3, -0.25) is 19.7 Å². The zero-order valence-corrected chi connectivity index (χ0v) is 15.1. The average molecular weight is 421 g/mol. The smallest absolute Gasteiger partial charge is 0.271 e. The lowest BCUT2D eigenvalue weighted by atomic mass is 10.1. The topological polar surface area (TPSA) is 64.2 Å². The molecule has 0 spiro atoms. The summed E-state index contributed by atoms with van der Waals surface area (Å²) in [6, 6.07) is 5.78.